The molecule has 6 heteroatoms. The molecule has 0 saturated heterocycles. The average molecular weight is 435 g/mol. The van der Waals surface area contributed by atoms with E-state index in [2.05, 4.69) is 10.3 Å². The maximum atomic E-state index is 13.3. The molecule has 29 heavy (non-hydrogen) atoms. The number of carbonyl (C=O) groups excluding carboxylic acids is 1. The fourth-order valence-corrected chi connectivity index (χ4v) is 8.09. The largest absolute Gasteiger partial charge is 0.390 e. The van der Waals surface area contributed by atoms with Crippen molar-refractivity contribution in [3.63, 3.8) is 0 Å². The molecule has 4 saturated carbocycles. The molecule has 4 aliphatic rings. The Labute approximate surface area is 182 Å². The number of pyridine rings is 1. The monoisotopic (exact) mass is 434 g/mol. The first kappa shape index (κ1) is 20.1. The number of aromatic nitrogens is 1. The Balaban J connectivity index is 1.33. The maximum absolute atomic E-state index is 13.3. The second-order valence-corrected chi connectivity index (χ2v) is 11.6. The molecule has 1 amide bonds. The molecule has 4 aliphatic carbocycles. The number of amides is 1. The average Bonchev–Trinajstić information content (AvgIpc) is 2.87. The number of hydrogen-bond acceptors (Lipinski definition) is 4. The molecule has 0 radical (unpaired) electrons. The van der Waals surface area contributed by atoms with Crippen LogP contribution in [0.4, 0.5) is 0 Å². The second kappa shape index (κ2) is 8.05. The molecule has 1 aromatic heterocycles. The highest BCUT2D eigenvalue weighted by Crippen LogP contribution is 2.55. The van der Waals surface area contributed by atoms with Crippen molar-refractivity contribution in [2.45, 2.75) is 92.5 Å². The lowest BCUT2D eigenvalue weighted by atomic mass is 9.77. The number of halogens is 1. The molecular weight excluding hydrogens is 404 g/mol. The van der Waals surface area contributed by atoms with E-state index in [1.165, 1.54) is 38.5 Å². The van der Waals surface area contributed by atoms with Gasteiger partial charge in [0.05, 0.1) is 11.2 Å². The fraction of sp³-hybridized carbons (Fsp3) is 0.739. The van der Waals surface area contributed by atoms with E-state index in [9.17, 15) is 9.90 Å². The summed E-state index contributed by atoms with van der Waals surface area (Å²) in [6.45, 7) is 0. The summed E-state index contributed by atoms with van der Waals surface area (Å²) in [5, 5.41) is 16.0. The molecule has 4 fully saturated rings. The molecule has 3 bridgehead atoms. The number of rotatable bonds is 4. The van der Waals surface area contributed by atoms with E-state index in [0.717, 1.165) is 37.1 Å². The van der Waals surface area contributed by atoms with E-state index >= 15 is 0 Å². The van der Waals surface area contributed by atoms with E-state index in [-0.39, 0.29) is 11.9 Å². The van der Waals surface area contributed by atoms with Crippen LogP contribution in [0, 0.1) is 17.8 Å². The number of nitrogens with one attached hydrogen (secondary N) is 1. The third kappa shape index (κ3) is 4.20. The minimum Gasteiger partial charge on any atom is -0.390 e. The van der Waals surface area contributed by atoms with Gasteiger partial charge in [-0.25, -0.2) is 4.98 Å². The topological polar surface area (TPSA) is 62.2 Å². The number of thioether (sulfide) groups is 1. The van der Waals surface area contributed by atoms with Gasteiger partial charge in [-0.05, 0) is 81.3 Å². The number of carbonyl (C=O) groups is 1. The van der Waals surface area contributed by atoms with Crippen LogP contribution in [0.2, 0.25) is 5.15 Å². The minimum atomic E-state index is -0.481. The zero-order valence-electron chi connectivity index (χ0n) is 16.9. The summed E-state index contributed by atoms with van der Waals surface area (Å²) < 4.78 is 0. The number of nitrogens with zero attached hydrogens (tertiary/aromatic N) is 1. The molecule has 4 nitrogen and oxygen atoms in total. The zero-order chi connectivity index (χ0) is 20.0. The van der Waals surface area contributed by atoms with Gasteiger partial charge in [0.15, 0.2) is 0 Å². The first-order chi connectivity index (χ1) is 14.0. The van der Waals surface area contributed by atoms with E-state index in [1.807, 2.05) is 6.07 Å². The molecule has 0 spiro atoms. The molecule has 1 heterocycles. The van der Waals surface area contributed by atoms with Crippen LogP contribution in [-0.2, 0) is 0 Å². The summed E-state index contributed by atoms with van der Waals surface area (Å²) >= 11 is 7.91. The third-order valence-electron chi connectivity index (χ3n) is 7.79. The highest BCUT2D eigenvalue weighted by atomic mass is 35.5. The number of hydrogen-bond donors (Lipinski definition) is 2. The highest BCUT2D eigenvalue weighted by molar-refractivity contribution is 7.99. The van der Waals surface area contributed by atoms with Gasteiger partial charge < -0.3 is 10.4 Å². The second-order valence-electron chi connectivity index (χ2n) is 9.88. The summed E-state index contributed by atoms with van der Waals surface area (Å²) in [5.41, 5.74) is 0.179. The van der Waals surface area contributed by atoms with Gasteiger partial charge in [-0.15, -0.1) is 11.8 Å². The fourth-order valence-electron chi connectivity index (χ4n) is 6.57. The van der Waals surface area contributed by atoms with Crippen LogP contribution < -0.4 is 5.32 Å². The van der Waals surface area contributed by atoms with E-state index in [4.69, 9.17) is 11.6 Å². The number of fused-ring (bicyclic) bond motifs is 2. The summed E-state index contributed by atoms with van der Waals surface area (Å²) in [6, 6.07) is 3.73. The van der Waals surface area contributed by atoms with E-state index in [0.29, 0.717) is 33.7 Å². The Bertz CT molecular complexity index is 784. The van der Waals surface area contributed by atoms with Crippen LogP contribution in [0.1, 0.15) is 81.0 Å². The van der Waals surface area contributed by atoms with Crippen molar-refractivity contribution < 1.29 is 9.90 Å². The van der Waals surface area contributed by atoms with Crippen LogP contribution >= 0.6 is 23.4 Å². The lowest BCUT2D eigenvalue weighted by molar-refractivity contribution is -0.00594. The third-order valence-corrected chi connectivity index (χ3v) is 9.34. The van der Waals surface area contributed by atoms with Gasteiger partial charge in [-0.3, -0.25) is 4.79 Å². The zero-order valence-corrected chi connectivity index (χ0v) is 18.5. The molecule has 2 N–H and O–H groups in total. The Hall–Kier alpha value is -0.780. The van der Waals surface area contributed by atoms with Gasteiger partial charge in [0, 0.05) is 11.3 Å². The van der Waals surface area contributed by atoms with Crippen LogP contribution in [0.25, 0.3) is 0 Å². The van der Waals surface area contributed by atoms with Crippen LogP contribution in [0.15, 0.2) is 17.2 Å². The Morgan fingerprint density at radius 1 is 1.14 bits per heavy atom. The molecule has 5 rings (SSSR count). The predicted octanol–water partition coefficient (Wildman–Crippen LogP) is 5.22. The Kier molecular flexibility index (Phi) is 5.59. The molecule has 0 aliphatic heterocycles. The SMILES string of the molecule is O=C(NC1CCC2CC3C[C@@](O)(C2)CC31)c1ccc(Cl)nc1SC1CCCCC1. The van der Waals surface area contributed by atoms with Crippen molar-refractivity contribution in [3.05, 3.63) is 22.8 Å². The summed E-state index contributed by atoms with van der Waals surface area (Å²) in [6.07, 6.45) is 12.3. The van der Waals surface area contributed by atoms with Crippen molar-refractivity contribution in [2.75, 3.05) is 0 Å². The van der Waals surface area contributed by atoms with Crippen molar-refractivity contribution in [1.82, 2.24) is 10.3 Å². The Morgan fingerprint density at radius 2 is 1.97 bits per heavy atom. The van der Waals surface area contributed by atoms with Crippen LogP contribution in [0.5, 0.6) is 0 Å². The first-order valence-corrected chi connectivity index (χ1v) is 12.6. The van der Waals surface area contributed by atoms with Crippen molar-refractivity contribution in [3.8, 4) is 0 Å². The smallest absolute Gasteiger partial charge is 0.254 e. The minimum absolute atomic E-state index is 0.0225. The van der Waals surface area contributed by atoms with Crippen molar-refractivity contribution >= 4 is 29.3 Å². The first-order valence-electron chi connectivity index (χ1n) is 11.4. The predicted molar refractivity (Wildman–Crippen MR) is 116 cm³/mol. The summed E-state index contributed by atoms with van der Waals surface area (Å²) in [4.78, 5) is 17.8. The lowest BCUT2D eigenvalue weighted by Gasteiger charge is -2.33. The molecule has 158 valence electrons. The summed E-state index contributed by atoms with van der Waals surface area (Å²) in [7, 11) is 0. The molecule has 0 aromatic carbocycles. The van der Waals surface area contributed by atoms with Gasteiger partial charge in [-0.1, -0.05) is 30.9 Å². The standard InChI is InChI=1S/C23H31ClN2O2S/c24-20-9-7-17(22(26-20)29-16-4-2-1-3-5-16)21(27)25-19-8-6-14-10-15-12-23(28,11-14)13-18(15)19/h7,9,14-16,18-19,28H,1-6,8,10-13H2,(H,25,27)/t14?,15?,18?,19?,23-/m0/s1. The molecule has 1 aromatic rings. The quantitative estimate of drug-likeness (QED) is 0.637. The van der Waals surface area contributed by atoms with Crippen LogP contribution in [-0.4, -0.2) is 32.9 Å². The normalized spacial score (nSPS) is 36.8. The molecule has 4 unspecified atom stereocenters. The lowest BCUT2D eigenvalue weighted by Crippen LogP contribution is -2.42. The maximum Gasteiger partial charge on any atom is 0.254 e. The summed E-state index contributed by atoms with van der Waals surface area (Å²) in [5.74, 6) is 1.57. The van der Waals surface area contributed by atoms with Crippen molar-refractivity contribution in [2.24, 2.45) is 17.8 Å². The van der Waals surface area contributed by atoms with Gasteiger partial charge in [0.1, 0.15) is 10.2 Å². The Morgan fingerprint density at radius 3 is 2.79 bits per heavy atom. The van der Waals surface area contributed by atoms with Crippen molar-refractivity contribution in [1.29, 1.82) is 0 Å². The van der Waals surface area contributed by atoms with Gasteiger partial charge >= 0.3 is 0 Å². The van der Waals surface area contributed by atoms with E-state index in [1.54, 1.807) is 17.8 Å². The number of aliphatic hydroxyl groups is 1. The highest BCUT2D eigenvalue weighted by Gasteiger charge is 2.53. The van der Waals surface area contributed by atoms with Gasteiger partial charge in [0.2, 0.25) is 0 Å². The van der Waals surface area contributed by atoms with Crippen LogP contribution in [0.3, 0.4) is 0 Å². The van der Waals surface area contributed by atoms with Gasteiger partial charge in [0.25, 0.3) is 5.91 Å². The van der Waals surface area contributed by atoms with Gasteiger partial charge in [-0.2, -0.15) is 0 Å². The molecule has 5 atom stereocenters. The molecular formula is C23H31ClN2O2S. The van der Waals surface area contributed by atoms with E-state index < -0.39 is 5.60 Å².